The van der Waals surface area contributed by atoms with Gasteiger partial charge >= 0.3 is 24.2 Å². The number of Topliss-reactive ketones (excluding diaryl/α,β-unsaturated/α-hetero) is 2. The van der Waals surface area contributed by atoms with Gasteiger partial charge in [0, 0.05) is 26.4 Å². The van der Waals surface area contributed by atoms with Gasteiger partial charge in [-0.05, 0) is 69.2 Å². The number of methoxy groups -OCH3 is 2. The van der Waals surface area contributed by atoms with Crippen molar-refractivity contribution in [3.8, 4) is 0 Å². The number of ketones is 2. The van der Waals surface area contributed by atoms with Crippen LogP contribution < -0.4 is 0 Å². The minimum Gasteiger partial charge on any atom is -0.437 e. The Labute approximate surface area is 306 Å². The molecule has 4 atom stereocenters. The molecule has 0 aromatic carbocycles. The first-order valence-electron chi connectivity index (χ1n) is 17.0. The number of ether oxygens (including phenoxy) is 12. The van der Waals surface area contributed by atoms with Gasteiger partial charge in [-0.15, -0.1) is 0 Å². The maximum absolute atomic E-state index is 11.2. The standard InChI is InChI=1S/C9H14O6.C9H16O6.C8H14O3.C8H16O3/c1-6-5-13-9(2,15-6)4-7(10)14-8(11)12-3;1-4-13-8(14-5-2)6-7(10)15-9(11)12-3;1-6(9)4-8(3)10-5-7(2)11-8;1-4-10-8(11-5-2)6-7(3)9/h6H,4-5H2,1-3H3;8H,4-6H2,1-3H3;7H,4-5H2,1-3H3;8H,4-6H2,1-3H3. The highest BCUT2D eigenvalue weighted by Crippen LogP contribution is 2.27. The molecule has 0 N–H and O–H groups in total. The molecule has 0 amide bonds. The molecule has 2 aliphatic rings. The van der Waals surface area contributed by atoms with E-state index >= 15 is 0 Å². The lowest BCUT2D eigenvalue weighted by atomic mass is 10.2. The minimum atomic E-state index is -1.04. The van der Waals surface area contributed by atoms with Crippen molar-refractivity contribution in [2.45, 2.75) is 131 Å². The fraction of sp³-hybridized carbons (Fsp3) is 0.824. The Morgan fingerprint density at radius 2 is 0.962 bits per heavy atom. The summed E-state index contributed by atoms with van der Waals surface area (Å²) in [7, 11) is 2.25. The Morgan fingerprint density at radius 1 is 0.596 bits per heavy atom. The lowest BCUT2D eigenvalue weighted by Crippen LogP contribution is -2.31. The summed E-state index contributed by atoms with van der Waals surface area (Å²) < 4.78 is 58.7. The molecule has 0 saturated carbocycles. The molecule has 0 aromatic heterocycles. The Bertz CT molecular complexity index is 1060. The Hall–Kier alpha value is -3.10. The molecule has 2 rings (SSSR count). The predicted molar refractivity (Wildman–Crippen MR) is 181 cm³/mol. The van der Waals surface area contributed by atoms with Crippen LogP contribution in [0.5, 0.6) is 0 Å². The molecule has 304 valence electrons. The van der Waals surface area contributed by atoms with Crippen LogP contribution in [0.25, 0.3) is 0 Å². The molecule has 2 fully saturated rings. The van der Waals surface area contributed by atoms with Crippen molar-refractivity contribution in [3.63, 3.8) is 0 Å². The van der Waals surface area contributed by atoms with Gasteiger partial charge in [0.05, 0.1) is 65.3 Å². The maximum Gasteiger partial charge on any atom is 0.515 e. The van der Waals surface area contributed by atoms with E-state index in [4.69, 9.17) is 37.9 Å². The van der Waals surface area contributed by atoms with Gasteiger partial charge in [-0.2, -0.15) is 0 Å². The Morgan fingerprint density at radius 3 is 1.27 bits per heavy atom. The quantitative estimate of drug-likeness (QED) is 0.121. The van der Waals surface area contributed by atoms with Crippen LogP contribution in [0.3, 0.4) is 0 Å². The zero-order valence-electron chi connectivity index (χ0n) is 32.7. The first kappa shape index (κ1) is 51.0. The second kappa shape index (κ2) is 28.4. The van der Waals surface area contributed by atoms with Crippen LogP contribution in [-0.2, 0) is 76.0 Å². The van der Waals surface area contributed by atoms with E-state index in [1.54, 1.807) is 34.6 Å². The summed E-state index contributed by atoms with van der Waals surface area (Å²) >= 11 is 0. The van der Waals surface area contributed by atoms with Crippen LogP contribution >= 0.6 is 0 Å². The largest absolute Gasteiger partial charge is 0.515 e. The van der Waals surface area contributed by atoms with Gasteiger partial charge in [-0.1, -0.05) is 0 Å². The minimum absolute atomic E-state index is 0.0686. The fourth-order valence-corrected chi connectivity index (χ4v) is 4.27. The highest BCUT2D eigenvalue weighted by Gasteiger charge is 2.38. The van der Waals surface area contributed by atoms with Crippen molar-refractivity contribution in [1.82, 2.24) is 0 Å². The molecule has 18 nitrogen and oxygen atoms in total. The van der Waals surface area contributed by atoms with Crippen molar-refractivity contribution >= 4 is 35.8 Å². The average molecular weight is 757 g/mol. The number of hydrogen-bond acceptors (Lipinski definition) is 18. The normalized spacial score (nSPS) is 21.7. The van der Waals surface area contributed by atoms with E-state index in [2.05, 4.69) is 18.9 Å². The van der Waals surface area contributed by atoms with E-state index < -0.39 is 42.1 Å². The molecule has 0 spiro atoms. The first-order chi connectivity index (χ1) is 24.3. The second-order valence-electron chi connectivity index (χ2n) is 11.4. The molecule has 18 heteroatoms. The lowest BCUT2D eigenvalue weighted by Gasteiger charge is -2.20. The van der Waals surface area contributed by atoms with Crippen molar-refractivity contribution in [3.05, 3.63) is 0 Å². The number of esters is 2. The number of rotatable bonds is 16. The lowest BCUT2D eigenvalue weighted by molar-refractivity contribution is -0.176. The first-order valence-corrected chi connectivity index (χ1v) is 17.0. The van der Waals surface area contributed by atoms with E-state index in [1.807, 2.05) is 27.7 Å². The van der Waals surface area contributed by atoms with Crippen molar-refractivity contribution in [2.24, 2.45) is 0 Å². The third-order valence-corrected chi connectivity index (χ3v) is 6.11. The highest BCUT2D eigenvalue weighted by atomic mass is 16.8. The van der Waals surface area contributed by atoms with Crippen LogP contribution in [0.2, 0.25) is 0 Å². The van der Waals surface area contributed by atoms with Crippen LogP contribution in [0.1, 0.15) is 94.9 Å². The summed E-state index contributed by atoms with van der Waals surface area (Å²) in [6, 6.07) is 0. The summed E-state index contributed by atoms with van der Waals surface area (Å²) in [5.74, 6) is -2.96. The summed E-state index contributed by atoms with van der Waals surface area (Å²) in [5.41, 5.74) is 0. The van der Waals surface area contributed by atoms with Crippen LogP contribution in [0.4, 0.5) is 9.59 Å². The summed E-state index contributed by atoms with van der Waals surface area (Å²) in [4.78, 5) is 64.9. The fourth-order valence-electron chi connectivity index (χ4n) is 4.27. The topological polar surface area (TPSA) is 213 Å². The molecule has 0 bridgehead atoms. The van der Waals surface area contributed by atoms with E-state index in [1.165, 1.54) is 6.92 Å². The van der Waals surface area contributed by atoms with Crippen LogP contribution in [-0.4, -0.2) is 126 Å². The smallest absolute Gasteiger partial charge is 0.437 e. The molecule has 4 unspecified atom stereocenters. The van der Waals surface area contributed by atoms with E-state index in [-0.39, 0.29) is 42.9 Å². The zero-order valence-corrected chi connectivity index (χ0v) is 32.7. The third kappa shape index (κ3) is 26.6. The van der Waals surface area contributed by atoms with Gasteiger partial charge in [0.25, 0.3) is 0 Å². The summed E-state index contributed by atoms with van der Waals surface area (Å²) in [5, 5.41) is 0. The van der Waals surface area contributed by atoms with E-state index in [9.17, 15) is 28.8 Å². The number of carbonyl (C=O) groups is 6. The average Bonchev–Trinajstić information content (AvgIpc) is 3.55. The van der Waals surface area contributed by atoms with E-state index in [0.29, 0.717) is 52.5 Å². The molecule has 0 radical (unpaired) electrons. The predicted octanol–water partition coefficient (Wildman–Crippen LogP) is 4.40. The molecule has 2 saturated heterocycles. The monoisotopic (exact) mass is 756 g/mol. The number of hydrogen-bond donors (Lipinski definition) is 0. The summed E-state index contributed by atoms with van der Waals surface area (Å²) in [6.45, 7) is 20.6. The Kier molecular flexibility index (Phi) is 27.9. The van der Waals surface area contributed by atoms with Crippen molar-refractivity contribution in [2.75, 3.05) is 53.9 Å². The summed E-state index contributed by atoms with van der Waals surface area (Å²) in [6.07, 6.45) is -2.65. The van der Waals surface area contributed by atoms with Crippen molar-refractivity contribution < 1.29 is 85.6 Å². The van der Waals surface area contributed by atoms with Gasteiger partial charge in [0.1, 0.15) is 11.6 Å². The van der Waals surface area contributed by atoms with Gasteiger partial charge < -0.3 is 56.8 Å². The molecule has 0 aliphatic carbocycles. The maximum atomic E-state index is 11.2. The third-order valence-electron chi connectivity index (χ3n) is 6.11. The SMILES string of the molecule is CC(=O)CC1(C)OCC(C)O1.CCOC(CC(=O)OC(=O)OC)OCC.CCOC(CC(C)=O)OCC.COC(=O)OC(=O)CC1(C)OCC(C)O1. The molecular weight excluding hydrogens is 696 g/mol. The second-order valence-corrected chi connectivity index (χ2v) is 11.4. The van der Waals surface area contributed by atoms with Gasteiger partial charge in [-0.25, -0.2) is 9.59 Å². The number of carbonyl (C=O) groups excluding carboxylic acids is 6. The van der Waals surface area contributed by atoms with Crippen LogP contribution in [0, 0.1) is 0 Å². The highest BCUT2D eigenvalue weighted by molar-refractivity contribution is 5.82. The molecule has 2 heterocycles. The molecule has 52 heavy (non-hydrogen) atoms. The molecule has 0 aromatic rings. The van der Waals surface area contributed by atoms with Gasteiger partial charge in [0.2, 0.25) is 0 Å². The van der Waals surface area contributed by atoms with Crippen molar-refractivity contribution in [1.29, 1.82) is 0 Å². The van der Waals surface area contributed by atoms with E-state index in [0.717, 1.165) is 14.2 Å². The van der Waals surface area contributed by atoms with Gasteiger partial charge in [0.15, 0.2) is 24.2 Å². The van der Waals surface area contributed by atoms with Gasteiger partial charge in [-0.3, -0.25) is 19.2 Å². The van der Waals surface area contributed by atoms with Crippen LogP contribution in [0.15, 0.2) is 0 Å². The molecular formula is C34H60O18. The zero-order chi connectivity index (χ0) is 40.3. The Balaban J connectivity index is 0. The molecule has 2 aliphatic heterocycles.